The first kappa shape index (κ1) is 30.1. The van der Waals surface area contributed by atoms with Gasteiger partial charge in [-0.2, -0.15) is 0 Å². The number of nitrogens with one attached hydrogen (secondary N) is 1. The molecule has 0 saturated carbocycles. The van der Waals surface area contributed by atoms with Crippen molar-refractivity contribution in [3.63, 3.8) is 0 Å². The third kappa shape index (κ3) is 5.80. The molecule has 0 fully saturated rings. The summed E-state index contributed by atoms with van der Waals surface area (Å²) in [7, 11) is 0. The number of hydrogen-bond donors (Lipinski definition) is 1. The van der Waals surface area contributed by atoms with Crippen LogP contribution < -0.4 is 20.2 Å². The molecule has 1 aliphatic heterocycles. The molecule has 0 bridgehead atoms. The van der Waals surface area contributed by atoms with Crippen LogP contribution in [0, 0.1) is 10.1 Å². The van der Waals surface area contributed by atoms with Crippen molar-refractivity contribution in [2.45, 2.75) is 19.5 Å². The first-order chi connectivity index (χ1) is 22.8. The molecule has 1 atom stereocenters. The van der Waals surface area contributed by atoms with Crippen LogP contribution in [0.25, 0.3) is 17.0 Å². The van der Waals surface area contributed by atoms with E-state index in [1.165, 1.54) is 23.5 Å². The van der Waals surface area contributed by atoms with Crippen molar-refractivity contribution in [2.24, 2.45) is 4.99 Å². The van der Waals surface area contributed by atoms with E-state index in [-0.39, 0.29) is 17.2 Å². The van der Waals surface area contributed by atoms with Crippen molar-refractivity contribution in [1.29, 1.82) is 0 Å². The molecule has 9 nitrogen and oxygen atoms in total. The first-order valence-electron chi connectivity index (χ1n) is 14.7. The van der Waals surface area contributed by atoms with Crippen LogP contribution in [0.3, 0.4) is 0 Å². The Hall–Kier alpha value is -5.58. The van der Waals surface area contributed by atoms with Crippen molar-refractivity contribution < 1.29 is 9.72 Å². The summed E-state index contributed by atoms with van der Waals surface area (Å²) in [5.41, 5.74) is 4.73. The average molecular weight is 660 g/mol. The maximum Gasteiger partial charge on any atom is 0.271 e. The molecule has 1 aliphatic rings. The molecule has 232 valence electrons. The number of para-hydroxylation sites is 2. The van der Waals surface area contributed by atoms with Crippen LogP contribution >= 0.6 is 22.9 Å². The second-order valence-electron chi connectivity index (χ2n) is 11.1. The van der Waals surface area contributed by atoms with E-state index in [4.69, 9.17) is 16.6 Å². The molecule has 0 radical (unpaired) electrons. The fourth-order valence-corrected chi connectivity index (χ4v) is 7.04. The van der Waals surface area contributed by atoms with Crippen LogP contribution in [0.5, 0.6) is 0 Å². The zero-order valence-corrected chi connectivity index (χ0v) is 26.5. The van der Waals surface area contributed by atoms with Gasteiger partial charge in [0.05, 0.1) is 26.8 Å². The summed E-state index contributed by atoms with van der Waals surface area (Å²) in [5.74, 6) is -0.346. The number of halogens is 1. The van der Waals surface area contributed by atoms with Crippen molar-refractivity contribution >= 4 is 57.2 Å². The highest BCUT2D eigenvalue weighted by Crippen LogP contribution is 2.32. The molecule has 2 aromatic heterocycles. The number of carbonyl (C=O) groups excluding carboxylic acids is 1. The van der Waals surface area contributed by atoms with E-state index in [9.17, 15) is 19.7 Å². The molecule has 0 aliphatic carbocycles. The quantitative estimate of drug-likeness (QED) is 0.157. The van der Waals surface area contributed by atoms with Crippen LogP contribution in [0.2, 0.25) is 5.02 Å². The highest BCUT2D eigenvalue weighted by molar-refractivity contribution is 7.07. The fraction of sp³-hybridized carbons (Fsp3) is 0.0833. The molecule has 0 unspecified atom stereocenters. The molecule has 11 heteroatoms. The van der Waals surface area contributed by atoms with E-state index in [1.807, 2.05) is 66.9 Å². The second-order valence-corrected chi connectivity index (χ2v) is 12.6. The summed E-state index contributed by atoms with van der Waals surface area (Å²) in [5, 5.41) is 15.6. The number of aromatic nitrogens is 2. The zero-order valence-electron chi connectivity index (χ0n) is 25.0. The summed E-state index contributed by atoms with van der Waals surface area (Å²) >= 11 is 7.49. The molecule has 47 heavy (non-hydrogen) atoms. The summed E-state index contributed by atoms with van der Waals surface area (Å²) in [4.78, 5) is 44.0. The lowest BCUT2D eigenvalue weighted by Gasteiger charge is -2.25. The van der Waals surface area contributed by atoms with Crippen LogP contribution in [0.1, 0.15) is 29.7 Å². The highest BCUT2D eigenvalue weighted by atomic mass is 35.5. The third-order valence-corrected chi connectivity index (χ3v) is 9.32. The predicted molar refractivity (Wildman–Crippen MR) is 184 cm³/mol. The minimum Gasteiger partial charge on any atom is -0.342 e. The molecule has 7 rings (SSSR count). The van der Waals surface area contributed by atoms with Gasteiger partial charge >= 0.3 is 0 Å². The minimum atomic E-state index is -0.724. The number of rotatable bonds is 7. The smallest absolute Gasteiger partial charge is 0.271 e. The number of hydrogen-bond acceptors (Lipinski definition) is 6. The molecule has 1 amide bonds. The van der Waals surface area contributed by atoms with E-state index < -0.39 is 11.0 Å². The number of carbonyl (C=O) groups is 1. The summed E-state index contributed by atoms with van der Waals surface area (Å²) in [6.45, 7) is 2.27. The van der Waals surface area contributed by atoms with E-state index in [2.05, 4.69) is 9.88 Å². The van der Waals surface area contributed by atoms with Crippen molar-refractivity contribution in [3.05, 3.63) is 172 Å². The molecule has 3 heterocycles. The molecular formula is C36H26ClN5O4S. The number of allylic oxidation sites excluding steroid dienone is 1. The van der Waals surface area contributed by atoms with Crippen molar-refractivity contribution in [2.75, 3.05) is 5.32 Å². The Balaban J connectivity index is 1.33. The number of nitrogens with zero attached hydrogens (tertiary/aromatic N) is 4. The van der Waals surface area contributed by atoms with Gasteiger partial charge in [0, 0.05) is 52.1 Å². The summed E-state index contributed by atoms with van der Waals surface area (Å²) in [6, 6.07) is 29.9. The van der Waals surface area contributed by atoms with E-state index in [0.29, 0.717) is 37.9 Å². The van der Waals surface area contributed by atoms with Gasteiger partial charge in [0.15, 0.2) is 4.80 Å². The van der Waals surface area contributed by atoms with E-state index in [0.717, 1.165) is 27.6 Å². The lowest BCUT2D eigenvalue weighted by molar-refractivity contribution is -0.384. The standard InChI is InChI=1S/C36H26ClN5O4S/c1-22-32(34(43)39-27-7-3-2-4-8-27)33(24-13-15-26(37)16-14-24)41-35(44)31(47-36(41)38-22)19-25-21-40(30-10-6-5-9-29(25)30)20-23-11-17-28(18-12-23)42(45)46/h2-19,21,33H,20H2,1H3,(H,39,43)/b31-19-/t33-/m0/s1. The van der Waals surface area contributed by atoms with E-state index >= 15 is 0 Å². The first-order valence-corrected chi connectivity index (χ1v) is 15.9. The summed E-state index contributed by atoms with van der Waals surface area (Å²) in [6.07, 6.45) is 3.84. The minimum absolute atomic E-state index is 0.0371. The largest absolute Gasteiger partial charge is 0.342 e. The number of non-ortho nitro benzene ring substituents is 1. The van der Waals surface area contributed by atoms with Gasteiger partial charge < -0.3 is 9.88 Å². The molecule has 0 saturated heterocycles. The van der Waals surface area contributed by atoms with Gasteiger partial charge in [0.25, 0.3) is 17.2 Å². The Labute approximate surface area is 277 Å². The van der Waals surface area contributed by atoms with Crippen LogP contribution in [-0.2, 0) is 11.3 Å². The van der Waals surface area contributed by atoms with Gasteiger partial charge in [0.1, 0.15) is 0 Å². The second kappa shape index (κ2) is 12.3. The van der Waals surface area contributed by atoms with Crippen LogP contribution in [0.15, 0.2) is 130 Å². The van der Waals surface area contributed by atoms with Gasteiger partial charge in [-0.3, -0.25) is 24.3 Å². The van der Waals surface area contributed by atoms with Crippen LogP contribution in [-0.4, -0.2) is 20.0 Å². The normalized spacial score (nSPS) is 14.6. The number of thiazole rings is 1. The Morgan fingerprint density at radius 2 is 1.70 bits per heavy atom. The maximum absolute atomic E-state index is 14.3. The molecule has 1 N–H and O–H groups in total. The lowest BCUT2D eigenvalue weighted by atomic mass is 9.95. The monoisotopic (exact) mass is 659 g/mol. The Morgan fingerprint density at radius 1 is 1.00 bits per heavy atom. The molecule has 0 spiro atoms. The van der Waals surface area contributed by atoms with Crippen molar-refractivity contribution in [3.8, 4) is 0 Å². The zero-order chi connectivity index (χ0) is 32.7. The summed E-state index contributed by atoms with van der Waals surface area (Å²) < 4.78 is 4.12. The fourth-order valence-electron chi connectivity index (χ4n) is 5.87. The van der Waals surface area contributed by atoms with Crippen molar-refractivity contribution in [1.82, 2.24) is 9.13 Å². The number of amides is 1. The molecule has 4 aromatic carbocycles. The van der Waals surface area contributed by atoms with Gasteiger partial charge in [-0.1, -0.05) is 83.6 Å². The Bertz CT molecular complexity index is 2390. The number of benzene rings is 4. The number of anilines is 1. The Kier molecular flexibility index (Phi) is 7.88. The SMILES string of the molecule is CC1=C(C(=O)Nc2ccccc2)[C@H](c2ccc(Cl)cc2)n2c(s/c(=C\c3cn(Cc4ccc([N+](=O)[O-])cc4)c4ccccc34)c2=O)=N1. The average Bonchev–Trinajstić information content (AvgIpc) is 3.57. The lowest BCUT2D eigenvalue weighted by Crippen LogP contribution is -2.40. The van der Waals surface area contributed by atoms with Gasteiger partial charge in [-0.25, -0.2) is 4.99 Å². The number of nitro groups is 1. The van der Waals surface area contributed by atoms with Gasteiger partial charge in [0.2, 0.25) is 0 Å². The van der Waals surface area contributed by atoms with Gasteiger partial charge in [-0.05, 0) is 54.5 Å². The molecule has 6 aromatic rings. The van der Waals surface area contributed by atoms with E-state index in [1.54, 1.807) is 47.9 Å². The third-order valence-electron chi connectivity index (χ3n) is 8.09. The Morgan fingerprint density at radius 3 is 2.43 bits per heavy atom. The number of nitro benzene ring substituents is 1. The highest BCUT2D eigenvalue weighted by Gasteiger charge is 2.32. The van der Waals surface area contributed by atoms with Gasteiger partial charge in [-0.15, -0.1) is 0 Å². The number of fused-ring (bicyclic) bond motifs is 2. The van der Waals surface area contributed by atoms with Crippen LogP contribution in [0.4, 0.5) is 11.4 Å². The predicted octanol–water partition coefficient (Wildman–Crippen LogP) is 6.44. The topological polar surface area (TPSA) is 112 Å². The molecular weight excluding hydrogens is 634 g/mol. The maximum atomic E-state index is 14.3.